The van der Waals surface area contributed by atoms with Gasteiger partial charge < -0.3 is 14.0 Å². The summed E-state index contributed by atoms with van der Waals surface area (Å²) in [5.41, 5.74) is 2.80. The van der Waals surface area contributed by atoms with Crippen LogP contribution in [0.15, 0.2) is 52.5 Å². The van der Waals surface area contributed by atoms with E-state index in [0.717, 1.165) is 41.6 Å². The molecule has 1 aliphatic rings. The van der Waals surface area contributed by atoms with Crippen molar-refractivity contribution in [2.45, 2.75) is 62.1 Å². The van der Waals surface area contributed by atoms with E-state index in [2.05, 4.69) is 16.7 Å². The lowest BCUT2D eigenvalue weighted by Gasteiger charge is -2.18. The summed E-state index contributed by atoms with van der Waals surface area (Å²) in [6.45, 7) is 8.70. The van der Waals surface area contributed by atoms with E-state index in [4.69, 9.17) is 14.5 Å². The molecular formula is C25H33N3O4S2. The molecule has 1 aromatic heterocycles. The Kier molecular flexibility index (Phi) is 8.18. The lowest BCUT2D eigenvalue weighted by atomic mass is 10.2. The van der Waals surface area contributed by atoms with Gasteiger partial charge in [-0.15, -0.1) is 0 Å². The van der Waals surface area contributed by atoms with Crippen molar-refractivity contribution in [3.8, 4) is 5.75 Å². The van der Waals surface area contributed by atoms with Crippen LogP contribution in [0.25, 0.3) is 11.0 Å². The zero-order chi connectivity index (χ0) is 24.1. The molecule has 0 aliphatic carbocycles. The van der Waals surface area contributed by atoms with E-state index in [1.165, 1.54) is 9.87 Å². The van der Waals surface area contributed by atoms with E-state index < -0.39 is 10.0 Å². The Hall–Kier alpha value is -2.07. The van der Waals surface area contributed by atoms with Gasteiger partial charge in [-0.1, -0.05) is 37.7 Å². The van der Waals surface area contributed by atoms with Gasteiger partial charge in [0.05, 0.1) is 35.2 Å². The summed E-state index contributed by atoms with van der Waals surface area (Å²) in [5, 5.41) is 0.872. The van der Waals surface area contributed by atoms with Crippen molar-refractivity contribution in [2.24, 2.45) is 0 Å². The SMILES string of the molecule is CCOc1ccc(CSc2nc3cc(S(=O)(=O)N(CC)CC)ccc3n2CC2CCCO2)cc1. The monoisotopic (exact) mass is 503 g/mol. The van der Waals surface area contributed by atoms with E-state index in [1.807, 2.05) is 39.0 Å². The maximum Gasteiger partial charge on any atom is 0.243 e. The third-order valence-electron chi connectivity index (χ3n) is 6.04. The Morgan fingerprint density at radius 3 is 2.56 bits per heavy atom. The Labute approximate surface area is 206 Å². The number of hydrogen-bond donors (Lipinski definition) is 0. The van der Waals surface area contributed by atoms with Crippen LogP contribution in [0.4, 0.5) is 0 Å². The number of hydrogen-bond acceptors (Lipinski definition) is 6. The Bertz CT molecular complexity index is 1200. The number of fused-ring (bicyclic) bond motifs is 1. The van der Waals surface area contributed by atoms with Gasteiger partial charge in [-0.05, 0) is 55.7 Å². The highest BCUT2D eigenvalue weighted by Crippen LogP contribution is 2.31. The molecule has 0 bridgehead atoms. The molecule has 0 radical (unpaired) electrons. The molecule has 1 atom stereocenters. The van der Waals surface area contributed by atoms with Crippen LogP contribution < -0.4 is 4.74 Å². The predicted molar refractivity (Wildman–Crippen MR) is 136 cm³/mol. The van der Waals surface area contributed by atoms with Crippen molar-refractivity contribution in [1.29, 1.82) is 0 Å². The molecule has 9 heteroatoms. The summed E-state index contributed by atoms with van der Waals surface area (Å²) in [5.74, 6) is 1.62. The van der Waals surface area contributed by atoms with E-state index in [9.17, 15) is 8.42 Å². The predicted octanol–water partition coefficient (Wildman–Crippen LogP) is 4.94. The van der Waals surface area contributed by atoms with Crippen molar-refractivity contribution >= 4 is 32.8 Å². The number of ether oxygens (including phenoxy) is 2. The fourth-order valence-electron chi connectivity index (χ4n) is 4.24. The van der Waals surface area contributed by atoms with Crippen LogP contribution in [-0.4, -0.2) is 54.7 Å². The third kappa shape index (κ3) is 5.43. The zero-order valence-corrected chi connectivity index (χ0v) is 21.7. The molecule has 2 heterocycles. The van der Waals surface area contributed by atoms with Crippen LogP contribution in [0.5, 0.6) is 5.75 Å². The first-order chi connectivity index (χ1) is 16.5. The molecule has 1 saturated heterocycles. The second kappa shape index (κ2) is 11.1. The van der Waals surface area contributed by atoms with Gasteiger partial charge in [0, 0.05) is 25.4 Å². The van der Waals surface area contributed by atoms with Gasteiger partial charge in [-0.25, -0.2) is 13.4 Å². The molecular weight excluding hydrogens is 470 g/mol. The lowest BCUT2D eigenvalue weighted by Crippen LogP contribution is -2.30. The fraction of sp³-hybridized carbons (Fsp3) is 0.480. The average molecular weight is 504 g/mol. The van der Waals surface area contributed by atoms with E-state index in [-0.39, 0.29) is 11.0 Å². The van der Waals surface area contributed by atoms with E-state index >= 15 is 0 Å². The normalized spacial score (nSPS) is 16.5. The quantitative estimate of drug-likeness (QED) is 0.345. The Morgan fingerprint density at radius 2 is 1.91 bits per heavy atom. The minimum Gasteiger partial charge on any atom is -0.494 e. The Morgan fingerprint density at radius 1 is 1.15 bits per heavy atom. The molecule has 184 valence electrons. The van der Waals surface area contributed by atoms with Gasteiger partial charge in [0.2, 0.25) is 10.0 Å². The highest BCUT2D eigenvalue weighted by atomic mass is 32.2. The first kappa shape index (κ1) is 25.0. The summed E-state index contributed by atoms with van der Waals surface area (Å²) in [4.78, 5) is 5.15. The van der Waals surface area contributed by atoms with Crippen LogP contribution in [0, 0.1) is 0 Å². The largest absolute Gasteiger partial charge is 0.494 e. The molecule has 0 spiro atoms. The van der Waals surface area contributed by atoms with Crippen LogP contribution in [0.2, 0.25) is 0 Å². The van der Waals surface area contributed by atoms with Crippen molar-refractivity contribution in [3.63, 3.8) is 0 Å². The molecule has 0 saturated carbocycles. The molecule has 3 aromatic rings. The molecule has 1 fully saturated rings. The van der Waals surface area contributed by atoms with Gasteiger partial charge in [-0.2, -0.15) is 4.31 Å². The number of rotatable bonds is 11. The number of benzene rings is 2. The number of imidazole rings is 1. The van der Waals surface area contributed by atoms with Crippen LogP contribution in [-0.2, 0) is 27.1 Å². The highest BCUT2D eigenvalue weighted by Gasteiger charge is 2.24. The summed E-state index contributed by atoms with van der Waals surface area (Å²) < 4.78 is 41.2. The summed E-state index contributed by atoms with van der Waals surface area (Å²) >= 11 is 1.65. The molecule has 0 amide bonds. The van der Waals surface area contributed by atoms with Crippen molar-refractivity contribution in [1.82, 2.24) is 13.9 Å². The maximum absolute atomic E-state index is 13.0. The van der Waals surface area contributed by atoms with Gasteiger partial charge in [0.25, 0.3) is 0 Å². The molecule has 2 aromatic carbocycles. The van der Waals surface area contributed by atoms with Gasteiger partial charge in [0.15, 0.2) is 5.16 Å². The summed E-state index contributed by atoms with van der Waals surface area (Å²) in [6.07, 6.45) is 2.25. The number of aromatic nitrogens is 2. The second-order valence-corrected chi connectivity index (χ2v) is 11.1. The molecule has 4 rings (SSSR count). The fourth-order valence-corrected chi connectivity index (χ4v) is 6.69. The number of thioether (sulfide) groups is 1. The second-order valence-electron chi connectivity index (χ2n) is 8.25. The summed E-state index contributed by atoms with van der Waals surface area (Å²) in [6, 6.07) is 13.4. The molecule has 1 unspecified atom stereocenters. The molecule has 0 N–H and O–H groups in total. The van der Waals surface area contributed by atoms with Crippen molar-refractivity contribution in [2.75, 3.05) is 26.3 Å². The van der Waals surface area contributed by atoms with Crippen molar-refractivity contribution < 1.29 is 17.9 Å². The minimum atomic E-state index is -3.54. The van der Waals surface area contributed by atoms with Gasteiger partial charge in [0.1, 0.15) is 5.75 Å². The third-order valence-corrected chi connectivity index (χ3v) is 9.13. The van der Waals surface area contributed by atoms with E-state index in [1.54, 1.807) is 23.9 Å². The van der Waals surface area contributed by atoms with Crippen molar-refractivity contribution in [3.05, 3.63) is 48.0 Å². The maximum atomic E-state index is 13.0. The van der Waals surface area contributed by atoms with Gasteiger partial charge in [-0.3, -0.25) is 0 Å². The summed E-state index contributed by atoms with van der Waals surface area (Å²) in [7, 11) is -3.54. The number of nitrogens with zero attached hydrogens (tertiary/aromatic N) is 3. The minimum absolute atomic E-state index is 0.154. The van der Waals surface area contributed by atoms with Crippen LogP contribution >= 0.6 is 11.8 Å². The topological polar surface area (TPSA) is 73.7 Å². The highest BCUT2D eigenvalue weighted by molar-refractivity contribution is 7.98. The first-order valence-electron chi connectivity index (χ1n) is 11.9. The molecule has 1 aliphatic heterocycles. The van der Waals surface area contributed by atoms with Gasteiger partial charge >= 0.3 is 0 Å². The zero-order valence-electron chi connectivity index (χ0n) is 20.1. The lowest BCUT2D eigenvalue weighted by molar-refractivity contribution is 0.0960. The molecule has 34 heavy (non-hydrogen) atoms. The molecule has 7 nitrogen and oxygen atoms in total. The van der Waals surface area contributed by atoms with Crippen LogP contribution in [0.1, 0.15) is 39.2 Å². The average Bonchev–Trinajstić information content (AvgIpc) is 3.47. The smallest absolute Gasteiger partial charge is 0.243 e. The van der Waals surface area contributed by atoms with E-state index in [0.29, 0.717) is 31.8 Å². The standard InChI is InChI=1S/C25H33N3O4S2/c1-4-27(5-2)34(29,30)22-13-14-24-23(16-22)26-25(28(24)17-21-8-7-15-32-21)33-18-19-9-11-20(12-10-19)31-6-3/h9-14,16,21H,4-8,15,17-18H2,1-3H3. The Balaban J connectivity index is 1.64. The first-order valence-corrected chi connectivity index (χ1v) is 14.3. The van der Waals surface area contributed by atoms with Crippen LogP contribution in [0.3, 0.4) is 0 Å². The number of sulfonamides is 1.